The summed E-state index contributed by atoms with van der Waals surface area (Å²) in [6, 6.07) is 16.1. The third kappa shape index (κ3) is 4.53. The van der Waals surface area contributed by atoms with E-state index < -0.39 is 0 Å². The van der Waals surface area contributed by atoms with E-state index >= 15 is 0 Å². The van der Waals surface area contributed by atoms with Gasteiger partial charge in [0.1, 0.15) is 29.7 Å². The molecular formula is C32H32N2O5. The molecule has 3 heterocycles. The van der Waals surface area contributed by atoms with Crippen LogP contribution in [-0.2, 0) is 19.5 Å². The molecule has 0 bridgehead atoms. The monoisotopic (exact) mass is 524 g/mol. The van der Waals surface area contributed by atoms with Crippen molar-refractivity contribution in [3.8, 4) is 23.0 Å². The molecule has 3 aromatic carbocycles. The van der Waals surface area contributed by atoms with Crippen LogP contribution in [0.3, 0.4) is 0 Å². The van der Waals surface area contributed by atoms with Crippen LogP contribution in [0, 0.1) is 6.92 Å². The second kappa shape index (κ2) is 10.2. The number of hydrogen-bond donors (Lipinski definition) is 0. The second-order valence-electron chi connectivity index (χ2n) is 9.99. The first kappa shape index (κ1) is 25.1. The Morgan fingerprint density at radius 1 is 1.03 bits per heavy atom. The van der Waals surface area contributed by atoms with Gasteiger partial charge in [-0.3, -0.25) is 9.69 Å². The lowest BCUT2D eigenvalue weighted by Crippen LogP contribution is -2.33. The number of ketones is 1. The molecule has 200 valence electrons. The predicted molar refractivity (Wildman–Crippen MR) is 151 cm³/mol. The van der Waals surface area contributed by atoms with Crippen LogP contribution in [0.15, 0.2) is 60.5 Å². The number of allylic oxidation sites excluding steroid dienone is 1. The Balaban J connectivity index is 1.28. The van der Waals surface area contributed by atoms with Gasteiger partial charge in [0.05, 0.1) is 25.3 Å². The molecule has 0 unspecified atom stereocenters. The topological polar surface area (TPSA) is 62.2 Å². The Morgan fingerprint density at radius 2 is 1.79 bits per heavy atom. The van der Waals surface area contributed by atoms with Crippen molar-refractivity contribution in [1.29, 1.82) is 0 Å². The fourth-order valence-electron chi connectivity index (χ4n) is 5.45. The summed E-state index contributed by atoms with van der Waals surface area (Å²) in [5.74, 6) is 3.26. The maximum atomic E-state index is 13.6. The molecule has 0 radical (unpaired) electrons. The molecule has 0 atom stereocenters. The minimum atomic E-state index is -0.0963. The number of methoxy groups -OCH3 is 2. The molecule has 0 fully saturated rings. The summed E-state index contributed by atoms with van der Waals surface area (Å²) >= 11 is 0. The summed E-state index contributed by atoms with van der Waals surface area (Å²) in [7, 11) is 3.33. The molecule has 0 aliphatic carbocycles. The van der Waals surface area contributed by atoms with Gasteiger partial charge in [0.15, 0.2) is 5.76 Å². The average molecular weight is 525 g/mol. The fourth-order valence-corrected chi connectivity index (χ4v) is 5.45. The zero-order chi connectivity index (χ0) is 27.1. The smallest absolute Gasteiger partial charge is 0.232 e. The zero-order valence-corrected chi connectivity index (χ0v) is 22.7. The molecule has 0 saturated heterocycles. The lowest BCUT2D eigenvalue weighted by atomic mass is 9.98. The van der Waals surface area contributed by atoms with Crippen LogP contribution in [-0.4, -0.2) is 42.7 Å². The summed E-state index contributed by atoms with van der Waals surface area (Å²) in [5, 5.41) is 1.02. The molecule has 4 aromatic rings. The number of carbonyl (C=O) groups is 1. The van der Waals surface area contributed by atoms with Gasteiger partial charge in [0, 0.05) is 42.3 Å². The van der Waals surface area contributed by atoms with Crippen molar-refractivity contribution in [2.45, 2.75) is 33.4 Å². The van der Waals surface area contributed by atoms with Crippen LogP contribution >= 0.6 is 0 Å². The lowest BCUT2D eigenvalue weighted by molar-refractivity contribution is 0.0949. The zero-order valence-electron chi connectivity index (χ0n) is 22.7. The Kier molecular flexibility index (Phi) is 6.53. The minimum absolute atomic E-state index is 0.0963. The Bertz CT molecular complexity index is 1600. The first-order chi connectivity index (χ1) is 19.0. The molecule has 0 spiro atoms. The molecule has 6 rings (SSSR count). The third-order valence-corrected chi connectivity index (χ3v) is 7.61. The number of fused-ring (bicyclic) bond motifs is 4. The fraction of sp³-hybridized carbons (Fsp3) is 0.281. The van der Waals surface area contributed by atoms with Crippen LogP contribution < -0.4 is 18.9 Å². The van der Waals surface area contributed by atoms with Crippen LogP contribution in [0.5, 0.6) is 23.0 Å². The predicted octanol–water partition coefficient (Wildman–Crippen LogP) is 6.00. The number of hydrogen-bond acceptors (Lipinski definition) is 6. The summed E-state index contributed by atoms with van der Waals surface area (Å²) < 4.78 is 25.4. The van der Waals surface area contributed by atoms with Crippen LogP contribution in [0.2, 0.25) is 0 Å². The SMILES string of the molecule is CCn1cc(/C=C2/Oc3c4c(cc(C)c3C2=O)OCN(CCc2ccc(OC)cc2)C4)c2cc(OC)ccc21. The summed E-state index contributed by atoms with van der Waals surface area (Å²) in [4.78, 5) is 15.8. The van der Waals surface area contributed by atoms with E-state index in [-0.39, 0.29) is 5.78 Å². The summed E-state index contributed by atoms with van der Waals surface area (Å²) in [5.41, 5.74) is 5.65. The van der Waals surface area contributed by atoms with E-state index in [9.17, 15) is 4.79 Å². The Morgan fingerprint density at radius 3 is 2.54 bits per heavy atom. The number of aromatic nitrogens is 1. The van der Waals surface area contributed by atoms with Crippen LogP contribution in [0.4, 0.5) is 0 Å². The van der Waals surface area contributed by atoms with E-state index in [2.05, 4.69) is 34.7 Å². The first-order valence-electron chi connectivity index (χ1n) is 13.2. The Labute approximate surface area is 228 Å². The lowest BCUT2D eigenvalue weighted by Gasteiger charge is -2.30. The van der Waals surface area contributed by atoms with Crippen molar-refractivity contribution in [2.24, 2.45) is 0 Å². The van der Waals surface area contributed by atoms with Gasteiger partial charge in [0.2, 0.25) is 5.78 Å². The van der Waals surface area contributed by atoms with Crippen LogP contribution in [0.1, 0.15) is 39.5 Å². The van der Waals surface area contributed by atoms with Gasteiger partial charge in [-0.25, -0.2) is 0 Å². The van der Waals surface area contributed by atoms with Crippen molar-refractivity contribution in [2.75, 3.05) is 27.5 Å². The number of ether oxygens (including phenoxy) is 4. The van der Waals surface area contributed by atoms with E-state index in [1.807, 2.05) is 49.4 Å². The first-order valence-corrected chi connectivity index (χ1v) is 13.2. The highest BCUT2D eigenvalue weighted by Crippen LogP contribution is 2.44. The van der Waals surface area contributed by atoms with E-state index in [0.29, 0.717) is 30.3 Å². The largest absolute Gasteiger partial charge is 0.497 e. The number of carbonyl (C=O) groups excluding carboxylic acids is 1. The molecule has 0 amide bonds. The van der Waals surface area contributed by atoms with E-state index in [1.54, 1.807) is 14.2 Å². The quantitative estimate of drug-likeness (QED) is 0.277. The van der Waals surface area contributed by atoms with Gasteiger partial charge in [-0.05, 0) is 73.9 Å². The number of rotatable bonds is 7. The highest BCUT2D eigenvalue weighted by Gasteiger charge is 2.35. The molecule has 2 aliphatic rings. The van der Waals surface area contributed by atoms with Crippen molar-refractivity contribution >= 4 is 22.8 Å². The normalized spacial score (nSPS) is 15.7. The Hall–Kier alpha value is -4.23. The second-order valence-corrected chi connectivity index (χ2v) is 9.99. The maximum absolute atomic E-state index is 13.6. The van der Waals surface area contributed by atoms with Crippen molar-refractivity contribution in [3.05, 3.63) is 88.3 Å². The molecule has 0 N–H and O–H groups in total. The molecular weight excluding hydrogens is 492 g/mol. The standard InChI is InChI=1S/C32H32N2O5/c1-5-34-17-22(25-16-24(37-4)10-11-27(25)34)15-29-31(35)30-20(2)14-28-26(32(30)39-29)18-33(19-38-28)13-12-21-6-8-23(36-3)9-7-21/h6-11,14-17H,5,12-13,18-19H2,1-4H3/b29-15+. The number of aryl methyl sites for hydroxylation is 2. The molecule has 39 heavy (non-hydrogen) atoms. The van der Waals surface area contributed by atoms with Gasteiger partial charge in [0.25, 0.3) is 0 Å². The van der Waals surface area contributed by atoms with Crippen molar-refractivity contribution in [1.82, 2.24) is 9.47 Å². The van der Waals surface area contributed by atoms with Crippen LogP contribution in [0.25, 0.3) is 17.0 Å². The summed E-state index contributed by atoms with van der Waals surface area (Å²) in [6.07, 6.45) is 4.79. The van der Waals surface area contributed by atoms with E-state index in [4.69, 9.17) is 18.9 Å². The number of benzene rings is 3. The number of Topliss-reactive ketones (excluding diaryl/α,β-unsaturated/α-hetero) is 1. The highest BCUT2D eigenvalue weighted by molar-refractivity contribution is 6.16. The van der Waals surface area contributed by atoms with E-state index in [1.165, 1.54) is 5.56 Å². The van der Waals surface area contributed by atoms with Gasteiger partial charge in [-0.1, -0.05) is 12.1 Å². The maximum Gasteiger partial charge on any atom is 0.232 e. The average Bonchev–Trinajstić information content (AvgIpc) is 3.49. The molecule has 1 aromatic heterocycles. The minimum Gasteiger partial charge on any atom is -0.497 e. The molecule has 7 heteroatoms. The molecule has 2 aliphatic heterocycles. The van der Waals surface area contributed by atoms with Crippen molar-refractivity contribution in [3.63, 3.8) is 0 Å². The van der Waals surface area contributed by atoms with Crippen molar-refractivity contribution < 1.29 is 23.7 Å². The van der Waals surface area contributed by atoms with Gasteiger partial charge < -0.3 is 23.5 Å². The highest BCUT2D eigenvalue weighted by atomic mass is 16.5. The van der Waals surface area contributed by atoms with Gasteiger partial charge >= 0.3 is 0 Å². The summed E-state index contributed by atoms with van der Waals surface area (Å²) in [6.45, 7) is 6.83. The number of nitrogens with zero attached hydrogens (tertiary/aromatic N) is 2. The van der Waals surface area contributed by atoms with E-state index in [0.717, 1.165) is 64.4 Å². The molecule has 7 nitrogen and oxygen atoms in total. The third-order valence-electron chi connectivity index (χ3n) is 7.61. The molecule has 0 saturated carbocycles. The van der Waals surface area contributed by atoms with Gasteiger partial charge in [-0.15, -0.1) is 0 Å². The van der Waals surface area contributed by atoms with Gasteiger partial charge in [-0.2, -0.15) is 0 Å².